The van der Waals surface area contributed by atoms with Gasteiger partial charge in [-0.3, -0.25) is 9.59 Å². The van der Waals surface area contributed by atoms with E-state index in [1.165, 1.54) is 12.5 Å². The van der Waals surface area contributed by atoms with Gasteiger partial charge in [0.15, 0.2) is 6.54 Å². The Bertz CT molecular complexity index is 623. The number of anilines is 2. The number of thiophene rings is 1. The summed E-state index contributed by atoms with van der Waals surface area (Å²) in [5, 5.41) is 9.69. The molecule has 0 aliphatic carbocycles. The van der Waals surface area contributed by atoms with E-state index in [1.54, 1.807) is 35.6 Å². The van der Waals surface area contributed by atoms with Crippen molar-refractivity contribution in [3.63, 3.8) is 0 Å². The Morgan fingerprint density at radius 2 is 1.73 bits per heavy atom. The molecular weight excluding hydrogens is 298 g/mol. The minimum Gasteiger partial charge on any atom is -0.326 e. The van der Waals surface area contributed by atoms with E-state index in [9.17, 15) is 9.59 Å². The molecule has 1 atom stereocenters. The van der Waals surface area contributed by atoms with Gasteiger partial charge in [0.1, 0.15) is 6.54 Å². The fourth-order valence-electron chi connectivity index (χ4n) is 2.12. The number of carbonyl (C=O) groups excluding carboxylic acids is 2. The van der Waals surface area contributed by atoms with E-state index >= 15 is 0 Å². The molecule has 1 heterocycles. The van der Waals surface area contributed by atoms with E-state index in [4.69, 9.17) is 0 Å². The second-order valence-electron chi connectivity index (χ2n) is 5.25. The first-order chi connectivity index (χ1) is 10.5. The molecular formula is C16H20N3O2S+. The molecule has 1 unspecified atom stereocenters. The Kier molecular flexibility index (Phi) is 5.68. The molecule has 0 aliphatic heterocycles. The highest BCUT2D eigenvalue weighted by molar-refractivity contribution is 7.07. The fraction of sp³-hybridized carbons (Fsp3) is 0.250. The first kappa shape index (κ1) is 16.2. The third kappa shape index (κ3) is 5.31. The molecule has 2 amide bonds. The molecule has 0 radical (unpaired) electrons. The van der Waals surface area contributed by atoms with Gasteiger partial charge in [0, 0.05) is 23.9 Å². The molecule has 0 saturated carbocycles. The van der Waals surface area contributed by atoms with Gasteiger partial charge in [-0.15, -0.1) is 0 Å². The topological polar surface area (TPSA) is 62.6 Å². The fourth-order valence-corrected chi connectivity index (χ4v) is 2.79. The highest BCUT2D eigenvalue weighted by Crippen LogP contribution is 2.13. The number of hydrogen-bond acceptors (Lipinski definition) is 3. The molecule has 0 fully saturated rings. The standard InChI is InChI=1S/C16H19N3O2S/c1-12(20)17-14-3-5-15(6-4-14)18-16(21)10-19(2)9-13-7-8-22-11-13/h3-8,11H,9-10H2,1-2H3,(H,17,20)(H,18,21)/p+1. The van der Waals surface area contributed by atoms with Gasteiger partial charge in [0.25, 0.3) is 5.91 Å². The molecule has 0 aliphatic rings. The van der Waals surface area contributed by atoms with E-state index in [-0.39, 0.29) is 11.8 Å². The first-order valence-electron chi connectivity index (χ1n) is 7.03. The van der Waals surface area contributed by atoms with Crippen molar-refractivity contribution in [3.8, 4) is 0 Å². The Morgan fingerprint density at radius 1 is 1.09 bits per heavy atom. The van der Waals surface area contributed by atoms with Gasteiger partial charge in [-0.2, -0.15) is 11.3 Å². The van der Waals surface area contributed by atoms with Gasteiger partial charge in [0.2, 0.25) is 5.91 Å². The molecule has 0 saturated heterocycles. The highest BCUT2D eigenvalue weighted by atomic mass is 32.1. The largest absolute Gasteiger partial charge is 0.326 e. The lowest BCUT2D eigenvalue weighted by molar-refractivity contribution is -0.885. The van der Waals surface area contributed by atoms with Crippen LogP contribution in [-0.2, 0) is 16.1 Å². The monoisotopic (exact) mass is 318 g/mol. The molecule has 3 N–H and O–H groups in total. The summed E-state index contributed by atoms with van der Waals surface area (Å²) in [5.74, 6) is -0.143. The summed E-state index contributed by atoms with van der Waals surface area (Å²) in [6.45, 7) is 2.70. The van der Waals surface area contributed by atoms with E-state index in [1.807, 2.05) is 12.4 Å². The van der Waals surface area contributed by atoms with Crippen molar-refractivity contribution in [1.82, 2.24) is 0 Å². The number of amides is 2. The van der Waals surface area contributed by atoms with Gasteiger partial charge in [-0.1, -0.05) is 0 Å². The zero-order valence-electron chi connectivity index (χ0n) is 12.7. The Labute approximate surface area is 134 Å². The predicted octanol–water partition coefficient (Wildman–Crippen LogP) is 1.36. The highest BCUT2D eigenvalue weighted by Gasteiger charge is 2.11. The van der Waals surface area contributed by atoms with Crippen LogP contribution >= 0.6 is 11.3 Å². The van der Waals surface area contributed by atoms with Gasteiger partial charge >= 0.3 is 0 Å². The molecule has 0 bridgehead atoms. The minimum absolute atomic E-state index is 0.0278. The van der Waals surface area contributed by atoms with Gasteiger partial charge in [-0.25, -0.2) is 0 Å². The van der Waals surface area contributed by atoms with Crippen LogP contribution in [0.5, 0.6) is 0 Å². The first-order valence-corrected chi connectivity index (χ1v) is 7.97. The number of quaternary nitrogens is 1. The third-order valence-corrected chi connectivity index (χ3v) is 3.77. The molecule has 22 heavy (non-hydrogen) atoms. The summed E-state index contributed by atoms with van der Waals surface area (Å²) in [6.07, 6.45) is 0. The van der Waals surface area contributed by atoms with Crippen molar-refractivity contribution >= 4 is 34.5 Å². The number of hydrogen-bond donors (Lipinski definition) is 3. The zero-order chi connectivity index (χ0) is 15.9. The molecule has 0 spiro atoms. The van der Waals surface area contributed by atoms with Crippen molar-refractivity contribution in [3.05, 3.63) is 46.7 Å². The van der Waals surface area contributed by atoms with E-state index in [2.05, 4.69) is 22.1 Å². The van der Waals surface area contributed by atoms with Gasteiger partial charge in [0.05, 0.1) is 7.05 Å². The number of likely N-dealkylation sites (N-methyl/N-ethyl adjacent to an activating group) is 1. The Morgan fingerprint density at radius 3 is 2.27 bits per heavy atom. The van der Waals surface area contributed by atoms with Crippen molar-refractivity contribution in [1.29, 1.82) is 0 Å². The van der Waals surface area contributed by atoms with Crippen LogP contribution < -0.4 is 15.5 Å². The number of benzene rings is 1. The lowest BCUT2D eigenvalue weighted by Crippen LogP contribution is -3.08. The van der Waals surface area contributed by atoms with Crippen LogP contribution in [0.15, 0.2) is 41.1 Å². The van der Waals surface area contributed by atoms with Crippen LogP contribution in [0.2, 0.25) is 0 Å². The smallest absolute Gasteiger partial charge is 0.279 e. The Balaban J connectivity index is 1.82. The second kappa shape index (κ2) is 7.72. The minimum atomic E-state index is -0.115. The Hall–Kier alpha value is -2.18. The molecule has 1 aromatic carbocycles. The maximum absolute atomic E-state index is 12.0. The average molecular weight is 318 g/mol. The maximum Gasteiger partial charge on any atom is 0.279 e. The summed E-state index contributed by atoms with van der Waals surface area (Å²) < 4.78 is 0. The van der Waals surface area contributed by atoms with Crippen LogP contribution in [0.4, 0.5) is 11.4 Å². The molecule has 6 heteroatoms. The van der Waals surface area contributed by atoms with Crippen molar-refractivity contribution in [2.24, 2.45) is 0 Å². The quantitative estimate of drug-likeness (QED) is 0.753. The molecule has 2 aromatic rings. The summed E-state index contributed by atoms with van der Waals surface area (Å²) in [5.41, 5.74) is 2.68. The zero-order valence-corrected chi connectivity index (χ0v) is 13.5. The molecule has 2 rings (SSSR count). The summed E-state index contributed by atoms with van der Waals surface area (Å²) in [7, 11) is 2.00. The maximum atomic E-state index is 12.0. The summed E-state index contributed by atoms with van der Waals surface area (Å²) in [6, 6.07) is 9.15. The lowest BCUT2D eigenvalue weighted by atomic mass is 10.2. The van der Waals surface area contributed by atoms with Crippen LogP contribution in [0, 0.1) is 0 Å². The van der Waals surface area contributed by atoms with Crippen molar-refractivity contribution in [2.75, 3.05) is 24.2 Å². The van der Waals surface area contributed by atoms with Crippen LogP contribution in [0.3, 0.4) is 0 Å². The summed E-state index contributed by atoms with van der Waals surface area (Å²) in [4.78, 5) is 24.1. The second-order valence-corrected chi connectivity index (χ2v) is 6.03. The normalized spacial score (nSPS) is 11.7. The molecule has 116 valence electrons. The van der Waals surface area contributed by atoms with Gasteiger partial charge in [-0.05, 0) is 41.1 Å². The average Bonchev–Trinajstić information content (AvgIpc) is 2.93. The van der Waals surface area contributed by atoms with E-state index in [0.29, 0.717) is 12.2 Å². The van der Waals surface area contributed by atoms with Crippen LogP contribution in [-0.4, -0.2) is 25.4 Å². The van der Waals surface area contributed by atoms with Crippen LogP contribution in [0.1, 0.15) is 12.5 Å². The lowest BCUT2D eigenvalue weighted by Gasteiger charge is -2.13. The van der Waals surface area contributed by atoms with E-state index < -0.39 is 0 Å². The third-order valence-electron chi connectivity index (χ3n) is 3.04. The summed E-state index contributed by atoms with van der Waals surface area (Å²) >= 11 is 1.66. The van der Waals surface area contributed by atoms with E-state index in [0.717, 1.165) is 17.1 Å². The predicted molar refractivity (Wildman–Crippen MR) is 89.2 cm³/mol. The van der Waals surface area contributed by atoms with Crippen LogP contribution in [0.25, 0.3) is 0 Å². The number of nitrogens with one attached hydrogen (secondary N) is 3. The SMILES string of the molecule is CC(=O)Nc1ccc(NC(=O)C[NH+](C)Cc2ccsc2)cc1. The van der Waals surface area contributed by atoms with Crippen molar-refractivity contribution in [2.45, 2.75) is 13.5 Å². The van der Waals surface area contributed by atoms with Gasteiger partial charge < -0.3 is 15.5 Å². The van der Waals surface area contributed by atoms with Crippen molar-refractivity contribution < 1.29 is 14.5 Å². The number of carbonyl (C=O) groups is 2. The molecule has 1 aromatic heterocycles. The molecule has 5 nitrogen and oxygen atoms in total. The number of rotatable bonds is 6.